The molecule has 1 nitrogen and oxygen atoms in total. The highest BCUT2D eigenvalue weighted by atomic mass is 35.5. The van der Waals surface area contributed by atoms with Crippen LogP contribution in [-0.2, 0) is 18.4 Å². The molecule has 0 aromatic heterocycles. The third kappa shape index (κ3) is 3.54. The monoisotopic (exact) mass is 308 g/mol. The van der Waals surface area contributed by atoms with Gasteiger partial charge in [0.1, 0.15) is 0 Å². The van der Waals surface area contributed by atoms with E-state index in [4.69, 9.17) is 23.2 Å². The van der Waals surface area contributed by atoms with Crippen molar-refractivity contribution in [2.24, 2.45) is 0 Å². The van der Waals surface area contributed by atoms with Crippen molar-refractivity contribution in [1.29, 1.82) is 0 Å². The van der Waals surface area contributed by atoms with Crippen LogP contribution in [0.5, 0.6) is 0 Å². The van der Waals surface area contributed by atoms with Crippen LogP contribution >= 0.6 is 23.2 Å². The summed E-state index contributed by atoms with van der Waals surface area (Å²) in [6, 6.07) is 13.5. The lowest BCUT2D eigenvalue weighted by Gasteiger charge is -2.24. The SMILES string of the molecule is CCc1ccc(C(C)(O)Cc2ccc(Cl)c(Cl)c2)cc1. The molecule has 2 aromatic rings. The molecule has 0 radical (unpaired) electrons. The Morgan fingerprint density at radius 3 is 2.10 bits per heavy atom. The Kier molecular flexibility index (Phi) is 4.74. The van der Waals surface area contributed by atoms with Crippen molar-refractivity contribution in [2.45, 2.75) is 32.3 Å². The third-order valence-corrected chi connectivity index (χ3v) is 4.26. The predicted molar refractivity (Wildman–Crippen MR) is 85.6 cm³/mol. The van der Waals surface area contributed by atoms with Crippen LogP contribution < -0.4 is 0 Å². The third-order valence-electron chi connectivity index (χ3n) is 3.52. The van der Waals surface area contributed by atoms with Crippen LogP contribution in [-0.4, -0.2) is 5.11 Å². The smallest absolute Gasteiger partial charge is 0.0908 e. The molecule has 2 aromatic carbocycles. The molecule has 0 saturated carbocycles. The van der Waals surface area contributed by atoms with E-state index in [-0.39, 0.29) is 0 Å². The number of hydrogen-bond acceptors (Lipinski definition) is 1. The van der Waals surface area contributed by atoms with Gasteiger partial charge in [-0.25, -0.2) is 0 Å². The van der Waals surface area contributed by atoms with Crippen molar-refractivity contribution in [2.75, 3.05) is 0 Å². The van der Waals surface area contributed by atoms with E-state index in [2.05, 4.69) is 19.1 Å². The maximum atomic E-state index is 10.7. The lowest BCUT2D eigenvalue weighted by atomic mass is 9.88. The van der Waals surface area contributed by atoms with Gasteiger partial charge in [-0.05, 0) is 42.2 Å². The quantitative estimate of drug-likeness (QED) is 0.842. The minimum Gasteiger partial charge on any atom is -0.385 e. The summed E-state index contributed by atoms with van der Waals surface area (Å²) >= 11 is 11.9. The lowest BCUT2D eigenvalue weighted by Crippen LogP contribution is -2.24. The normalized spacial score (nSPS) is 14.1. The number of aryl methyl sites for hydroxylation is 1. The van der Waals surface area contributed by atoms with E-state index in [1.165, 1.54) is 5.56 Å². The first-order valence-electron chi connectivity index (χ1n) is 6.68. The van der Waals surface area contributed by atoms with E-state index in [0.29, 0.717) is 16.5 Å². The summed E-state index contributed by atoms with van der Waals surface area (Å²) in [5.41, 5.74) is 2.20. The zero-order chi connectivity index (χ0) is 14.8. The summed E-state index contributed by atoms with van der Waals surface area (Å²) in [5.74, 6) is 0. The van der Waals surface area contributed by atoms with Crippen LogP contribution in [0.4, 0.5) is 0 Å². The number of halogens is 2. The first kappa shape index (κ1) is 15.4. The summed E-state index contributed by atoms with van der Waals surface area (Å²) in [7, 11) is 0. The minimum absolute atomic E-state index is 0.495. The summed E-state index contributed by atoms with van der Waals surface area (Å²) in [4.78, 5) is 0. The van der Waals surface area contributed by atoms with Crippen LogP contribution in [0.15, 0.2) is 42.5 Å². The van der Waals surface area contributed by atoms with E-state index < -0.39 is 5.60 Å². The Labute approximate surface area is 130 Å². The van der Waals surface area contributed by atoms with Gasteiger partial charge in [0.2, 0.25) is 0 Å². The van der Waals surface area contributed by atoms with Gasteiger partial charge in [-0.2, -0.15) is 0 Å². The summed E-state index contributed by atoms with van der Waals surface area (Å²) in [6.07, 6.45) is 1.49. The van der Waals surface area contributed by atoms with Gasteiger partial charge >= 0.3 is 0 Å². The van der Waals surface area contributed by atoms with E-state index in [9.17, 15) is 5.11 Å². The molecular formula is C17H18Cl2O. The number of benzene rings is 2. The molecule has 0 fully saturated rings. The van der Waals surface area contributed by atoms with Gasteiger partial charge in [-0.15, -0.1) is 0 Å². The van der Waals surface area contributed by atoms with Gasteiger partial charge in [0.05, 0.1) is 15.6 Å². The van der Waals surface area contributed by atoms with Crippen LogP contribution in [0.1, 0.15) is 30.5 Å². The minimum atomic E-state index is -0.927. The second-order valence-electron chi connectivity index (χ2n) is 5.25. The molecule has 1 atom stereocenters. The number of rotatable bonds is 4. The second-order valence-corrected chi connectivity index (χ2v) is 6.06. The molecule has 3 heteroatoms. The molecular weight excluding hydrogens is 291 g/mol. The summed E-state index contributed by atoms with van der Waals surface area (Å²) < 4.78 is 0. The van der Waals surface area contributed by atoms with Crippen molar-refractivity contribution in [3.63, 3.8) is 0 Å². The fourth-order valence-electron chi connectivity index (χ4n) is 2.25. The van der Waals surface area contributed by atoms with Gasteiger partial charge in [0, 0.05) is 6.42 Å². The topological polar surface area (TPSA) is 20.2 Å². The van der Waals surface area contributed by atoms with Gasteiger partial charge in [0.25, 0.3) is 0 Å². The van der Waals surface area contributed by atoms with E-state index >= 15 is 0 Å². The number of aliphatic hydroxyl groups is 1. The zero-order valence-electron chi connectivity index (χ0n) is 11.7. The molecule has 0 aliphatic carbocycles. The maximum Gasteiger partial charge on any atom is 0.0908 e. The average Bonchev–Trinajstić information content (AvgIpc) is 2.43. The standard InChI is InChI=1S/C17H18Cl2O/c1-3-12-4-7-14(8-5-12)17(2,20)11-13-6-9-15(18)16(19)10-13/h4-10,20H,3,11H2,1-2H3. The van der Waals surface area contributed by atoms with Crippen molar-refractivity contribution >= 4 is 23.2 Å². The van der Waals surface area contributed by atoms with Gasteiger partial charge in [0.15, 0.2) is 0 Å². The highest BCUT2D eigenvalue weighted by molar-refractivity contribution is 6.42. The maximum absolute atomic E-state index is 10.7. The van der Waals surface area contributed by atoms with E-state index in [1.54, 1.807) is 12.1 Å². The molecule has 0 aliphatic heterocycles. The Morgan fingerprint density at radius 2 is 1.55 bits per heavy atom. The van der Waals surface area contributed by atoms with Crippen LogP contribution in [0.2, 0.25) is 10.0 Å². The Hall–Kier alpha value is -1.02. The molecule has 0 bridgehead atoms. The highest BCUT2D eigenvalue weighted by Crippen LogP contribution is 2.29. The van der Waals surface area contributed by atoms with Crippen molar-refractivity contribution in [1.82, 2.24) is 0 Å². The second kappa shape index (κ2) is 6.17. The van der Waals surface area contributed by atoms with Crippen LogP contribution in [0, 0.1) is 0 Å². The lowest BCUT2D eigenvalue weighted by molar-refractivity contribution is 0.0576. The highest BCUT2D eigenvalue weighted by Gasteiger charge is 2.23. The van der Waals surface area contributed by atoms with E-state index in [0.717, 1.165) is 17.5 Å². The Morgan fingerprint density at radius 1 is 0.950 bits per heavy atom. The summed E-state index contributed by atoms with van der Waals surface area (Å²) in [5, 5.41) is 11.7. The molecule has 106 valence electrons. The number of hydrogen-bond donors (Lipinski definition) is 1. The van der Waals surface area contributed by atoms with Gasteiger partial charge in [-0.1, -0.05) is 60.5 Å². The fourth-order valence-corrected chi connectivity index (χ4v) is 2.57. The van der Waals surface area contributed by atoms with Crippen molar-refractivity contribution < 1.29 is 5.11 Å². The Balaban J connectivity index is 2.22. The summed E-state index contributed by atoms with van der Waals surface area (Å²) in [6.45, 7) is 3.93. The molecule has 1 unspecified atom stereocenters. The predicted octanol–water partition coefficient (Wildman–Crippen LogP) is 5.01. The average molecular weight is 309 g/mol. The van der Waals surface area contributed by atoms with Gasteiger partial charge < -0.3 is 5.11 Å². The van der Waals surface area contributed by atoms with Gasteiger partial charge in [-0.3, -0.25) is 0 Å². The van der Waals surface area contributed by atoms with Crippen molar-refractivity contribution in [3.05, 3.63) is 69.2 Å². The Bertz CT molecular complexity index is 588. The molecule has 0 saturated heterocycles. The van der Waals surface area contributed by atoms with E-state index in [1.807, 2.05) is 25.1 Å². The molecule has 20 heavy (non-hydrogen) atoms. The first-order chi connectivity index (χ1) is 9.42. The molecule has 1 N–H and O–H groups in total. The molecule has 0 heterocycles. The molecule has 2 rings (SSSR count). The molecule has 0 spiro atoms. The van der Waals surface area contributed by atoms with Crippen LogP contribution in [0.3, 0.4) is 0 Å². The van der Waals surface area contributed by atoms with Crippen LogP contribution in [0.25, 0.3) is 0 Å². The molecule has 0 aliphatic rings. The van der Waals surface area contributed by atoms with Crippen molar-refractivity contribution in [3.8, 4) is 0 Å². The fraction of sp³-hybridized carbons (Fsp3) is 0.294. The molecule has 0 amide bonds. The zero-order valence-corrected chi connectivity index (χ0v) is 13.2. The first-order valence-corrected chi connectivity index (χ1v) is 7.43. The largest absolute Gasteiger partial charge is 0.385 e.